The molecule has 4 aromatic rings. The molecule has 0 saturated heterocycles. The molecule has 0 spiro atoms. The summed E-state index contributed by atoms with van der Waals surface area (Å²) in [5, 5.41) is 4.06. The first kappa shape index (κ1) is 19.9. The van der Waals surface area contributed by atoms with Gasteiger partial charge in [0.1, 0.15) is 0 Å². The Labute approximate surface area is 178 Å². The molecular weight excluding hydrogens is 394 g/mol. The van der Waals surface area contributed by atoms with Crippen LogP contribution in [0, 0.1) is 6.92 Å². The molecule has 4 rings (SSSR count). The first-order valence-corrected chi connectivity index (χ1v) is 10.7. The fourth-order valence-electron chi connectivity index (χ4n) is 3.20. The number of rotatable bonds is 6. The smallest absolute Gasteiger partial charge is 0.266 e. The zero-order valence-electron chi connectivity index (χ0n) is 16.5. The van der Waals surface area contributed by atoms with Crippen LogP contribution < -0.4 is 10.9 Å². The molecule has 0 saturated carbocycles. The predicted octanol–water partition coefficient (Wildman–Crippen LogP) is 4.82. The van der Waals surface area contributed by atoms with E-state index < -0.39 is 0 Å². The molecule has 6 heteroatoms. The maximum Gasteiger partial charge on any atom is 0.266 e. The lowest BCUT2D eigenvalue weighted by molar-refractivity contribution is -0.115. The Balaban J connectivity index is 1.56. The highest BCUT2D eigenvalue weighted by Crippen LogP contribution is 2.22. The Bertz CT molecular complexity index is 1250. The first-order valence-electron chi connectivity index (χ1n) is 9.68. The van der Waals surface area contributed by atoms with Crippen LogP contribution in [0.15, 0.2) is 88.8 Å². The summed E-state index contributed by atoms with van der Waals surface area (Å²) in [4.78, 5) is 30.2. The predicted molar refractivity (Wildman–Crippen MR) is 122 cm³/mol. The van der Waals surface area contributed by atoms with E-state index in [2.05, 4.69) is 5.32 Å². The van der Waals surface area contributed by atoms with Crippen LogP contribution in [0.5, 0.6) is 0 Å². The van der Waals surface area contributed by atoms with Gasteiger partial charge < -0.3 is 5.32 Å². The molecule has 150 valence electrons. The summed E-state index contributed by atoms with van der Waals surface area (Å²) in [6.45, 7) is 1.99. The highest BCUT2D eigenvalue weighted by atomic mass is 32.2. The van der Waals surface area contributed by atoms with E-state index in [1.54, 1.807) is 10.6 Å². The van der Waals surface area contributed by atoms with Crippen molar-refractivity contribution in [2.24, 2.45) is 0 Å². The van der Waals surface area contributed by atoms with Crippen molar-refractivity contribution in [1.82, 2.24) is 9.55 Å². The average molecular weight is 416 g/mol. The van der Waals surface area contributed by atoms with E-state index in [1.807, 2.05) is 79.7 Å². The van der Waals surface area contributed by atoms with Gasteiger partial charge in [-0.3, -0.25) is 14.2 Å². The number of fused-ring (bicyclic) bond motifs is 1. The van der Waals surface area contributed by atoms with Gasteiger partial charge in [0.05, 0.1) is 16.6 Å². The first-order chi connectivity index (χ1) is 14.6. The number of amides is 1. The SMILES string of the molecule is Cc1cccc(NC(=O)CCSc2nc3ccccc3c(=O)n2-c2ccccc2)c1. The van der Waals surface area contributed by atoms with Gasteiger partial charge in [-0.05, 0) is 48.9 Å². The minimum Gasteiger partial charge on any atom is -0.326 e. The van der Waals surface area contributed by atoms with E-state index in [0.29, 0.717) is 28.2 Å². The number of anilines is 1. The molecule has 1 N–H and O–H groups in total. The van der Waals surface area contributed by atoms with Gasteiger partial charge in [0.2, 0.25) is 5.91 Å². The zero-order valence-corrected chi connectivity index (χ0v) is 17.4. The average Bonchev–Trinajstić information content (AvgIpc) is 2.74. The number of nitrogens with zero attached hydrogens (tertiary/aromatic N) is 2. The molecule has 0 fully saturated rings. The molecule has 0 aliphatic carbocycles. The van der Waals surface area contributed by atoms with Gasteiger partial charge in [0.25, 0.3) is 5.56 Å². The fourth-order valence-corrected chi connectivity index (χ4v) is 4.15. The van der Waals surface area contributed by atoms with Crippen molar-refractivity contribution < 1.29 is 4.79 Å². The lowest BCUT2D eigenvalue weighted by Crippen LogP contribution is -2.22. The van der Waals surface area contributed by atoms with Crippen LogP contribution in [-0.2, 0) is 4.79 Å². The second kappa shape index (κ2) is 8.97. The summed E-state index contributed by atoms with van der Waals surface area (Å²) in [7, 11) is 0. The molecule has 1 amide bonds. The van der Waals surface area contributed by atoms with Gasteiger partial charge in [0, 0.05) is 17.9 Å². The number of hydrogen-bond donors (Lipinski definition) is 1. The van der Waals surface area contributed by atoms with Crippen molar-refractivity contribution in [2.75, 3.05) is 11.1 Å². The van der Waals surface area contributed by atoms with E-state index in [-0.39, 0.29) is 11.5 Å². The van der Waals surface area contributed by atoms with Gasteiger partial charge >= 0.3 is 0 Å². The van der Waals surface area contributed by atoms with E-state index in [0.717, 1.165) is 16.9 Å². The Kier molecular flexibility index (Phi) is 5.95. The molecule has 0 aliphatic rings. The quantitative estimate of drug-likeness (QED) is 0.362. The molecule has 0 unspecified atom stereocenters. The topological polar surface area (TPSA) is 64.0 Å². The maximum absolute atomic E-state index is 13.2. The highest BCUT2D eigenvalue weighted by Gasteiger charge is 2.13. The number of aryl methyl sites for hydroxylation is 1. The van der Waals surface area contributed by atoms with Crippen LogP contribution in [0.2, 0.25) is 0 Å². The molecule has 1 aromatic heterocycles. The van der Waals surface area contributed by atoms with E-state index in [1.165, 1.54) is 11.8 Å². The summed E-state index contributed by atoms with van der Waals surface area (Å²) in [6.07, 6.45) is 0.316. The zero-order chi connectivity index (χ0) is 20.9. The van der Waals surface area contributed by atoms with Crippen molar-refractivity contribution in [3.8, 4) is 5.69 Å². The van der Waals surface area contributed by atoms with Crippen molar-refractivity contribution in [2.45, 2.75) is 18.5 Å². The summed E-state index contributed by atoms with van der Waals surface area (Å²) < 4.78 is 1.62. The fraction of sp³-hybridized carbons (Fsp3) is 0.125. The number of aromatic nitrogens is 2. The minimum absolute atomic E-state index is 0.0671. The van der Waals surface area contributed by atoms with Gasteiger partial charge in [-0.2, -0.15) is 0 Å². The lowest BCUT2D eigenvalue weighted by Gasteiger charge is -2.13. The molecule has 5 nitrogen and oxygen atoms in total. The van der Waals surface area contributed by atoms with Crippen LogP contribution in [-0.4, -0.2) is 21.2 Å². The maximum atomic E-state index is 13.2. The Hall–Kier alpha value is -3.38. The largest absolute Gasteiger partial charge is 0.326 e. The van der Waals surface area contributed by atoms with Crippen molar-refractivity contribution in [3.63, 3.8) is 0 Å². The Morgan fingerprint density at radius 1 is 1.00 bits per heavy atom. The molecular formula is C24H21N3O2S. The molecule has 30 heavy (non-hydrogen) atoms. The van der Waals surface area contributed by atoms with Gasteiger partial charge in [-0.15, -0.1) is 0 Å². The van der Waals surface area contributed by atoms with Crippen LogP contribution in [0.1, 0.15) is 12.0 Å². The van der Waals surface area contributed by atoms with Gasteiger partial charge in [0.15, 0.2) is 5.16 Å². The van der Waals surface area contributed by atoms with E-state index in [9.17, 15) is 9.59 Å². The van der Waals surface area contributed by atoms with Crippen LogP contribution in [0.3, 0.4) is 0 Å². The molecule has 0 aliphatic heterocycles. The van der Waals surface area contributed by atoms with E-state index >= 15 is 0 Å². The molecule has 0 radical (unpaired) electrons. The third-order valence-electron chi connectivity index (χ3n) is 4.62. The molecule has 3 aromatic carbocycles. The van der Waals surface area contributed by atoms with Crippen molar-refractivity contribution >= 4 is 34.3 Å². The number of thioether (sulfide) groups is 1. The van der Waals surface area contributed by atoms with Crippen molar-refractivity contribution in [1.29, 1.82) is 0 Å². The molecule has 1 heterocycles. The summed E-state index contributed by atoms with van der Waals surface area (Å²) >= 11 is 1.40. The Morgan fingerprint density at radius 2 is 1.77 bits per heavy atom. The highest BCUT2D eigenvalue weighted by molar-refractivity contribution is 7.99. The number of para-hydroxylation sites is 2. The monoisotopic (exact) mass is 415 g/mol. The third-order valence-corrected chi connectivity index (χ3v) is 5.56. The molecule has 0 bridgehead atoms. The van der Waals surface area contributed by atoms with Crippen LogP contribution in [0.25, 0.3) is 16.6 Å². The second-order valence-electron chi connectivity index (χ2n) is 6.90. The van der Waals surface area contributed by atoms with Gasteiger partial charge in [-0.25, -0.2) is 4.98 Å². The van der Waals surface area contributed by atoms with Gasteiger partial charge in [-0.1, -0.05) is 54.2 Å². The summed E-state index contributed by atoms with van der Waals surface area (Å²) in [5.41, 5.74) is 3.18. The van der Waals surface area contributed by atoms with Crippen molar-refractivity contribution in [3.05, 3.63) is 94.8 Å². The molecule has 0 atom stereocenters. The Morgan fingerprint density at radius 3 is 2.57 bits per heavy atom. The standard InChI is InChI=1S/C24H21N3O2S/c1-17-8-7-9-18(16-17)25-22(28)14-15-30-24-26-21-13-6-5-12-20(21)23(29)27(24)19-10-3-2-4-11-19/h2-13,16H,14-15H2,1H3,(H,25,28). The third kappa shape index (κ3) is 4.44. The number of benzene rings is 3. The number of carbonyl (C=O) groups excluding carboxylic acids is 1. The van der Waals surface area contributed by atoms with E-state index in [4.69, 9.17) is 4.98 Å². The summed E-state index contributed by atoms with van der Waals surface area (Å²) in [5.74, 6) is 0.442. The van der Waals surface area contributed by atoms with Crippen LogP contribution in [0.4, 0.5) is 5.69 Å². The normalized spacial score (nSPS) is 10.8. The number of hydrogen-bond acceptors (Lipinski definition) is 4. The van der Waals surface area contributed by atoms with Crippen LogP contribution >= 0.6 is 11.8 Å². The number of carbonyl (C=O) groups is 1. The lowest BCUT2D eigenvalue weighted by atomic mass is 10.2. The number of nitrogens with one attached hydrogen (secondary N) is 1. The minimum atomic E-state index is -0.112. The summed E-state index contributed by atoms with van der Waals surface area (Å²) in [6, 6.07) is 24.5. The second-order valence-corrected chi connectivity index (χ2v) is 7.97.